The zero-order chi connectivity index (χ0) is 15.1. The molecule has 0 aliphatic carbocycles. The predicted molar refractivity (Wildman–Crippen MR) is 93.3 cm³/mol. The summed E-state index contributed by atoms with van der Waals surface area (Å²) in [5.74, 6) is 0. The van der Waals surface area contributed by atoms with Crippen molar-refractivity contribution in [2.24, 2.45) is 0 Å². The maximum atomic E-state index is 11.1. The highest BCUT2D eigenvalue weighted by molar-refractivity contribution is 14.1. The van der Waals surface area contributed by atoms with Crippen LogP contribution in [0.1, 0.15) is 31.4 Å². The van der Waals surface area contributed by atoms with E-state index in [1.54, 1.807) is 12.1 Å². The second-order valence-electron chi connectivity index (χ2n) is 4.43. The third-order valence-corrected chi connectivity index (χ3v) is 4.04. The van der Waals surface area contributed by atoms with Gasteiger partial charge in [0.25, 0.3) is 6.04 Å². The van der Waals surface area contributed by atoms with Crippen LogP contribution in [0.25, 0.3) is 0 Å². The number of unbranched alkanes of at least 4 members (excludes halogenated alkanes) is 1. The number of aliphatic hydroxyl groups excluding tert-OH is 1. The highest BCUT2D eigenvalue weighted by Crippen LogP contribution is 2.23. The molecule has 112 valence electrons. The highest BCUT2D eigenvalue weighted by atomic mass is 127. The molecule has 0 bridgehead atoms. The van der Waals surface area contributed by atoms with Crippen molar-refractivity contribution >= 4 is 45.2 Å². The Morgan fingerprint density at radius 2 is 1.95 bits per heavy atom. The van der Waals surface area contributed by atoms with E-state index < -0.39 is 17.1 Å². The number of hydrogen-bond acceptors (Lipinski definition) is 4. The molecule has 0 unspecified atom stereocenters. The average molecular weight is 505 g/mol. The van der Waals surface area contributed by atoms with Gasteiger partial charge in [0.1, 0.15) is 12.7 Å². The number of ether oxygens (including phenoxy) is 1. The van der Waals surface area contributed by atoms with Crippen LogP contribution < -0.4 is 0 Å². The number of nitro groups is 1. The lowest BCUT2D eigenvalue weighted by molar-refractivity contribution is -0.539. The van der Waals surface area contributed by atoms with Gasteiger partial charge in [0, 0.05) is 18.7 Å². The minimum absolute atomic E-state index is 0.0732. The van der Waals surface area contributed by atoms with Gasteiger partial charge in [-0.2, -0.15) is 0 Å². The van der Waals surface area contributed by atoms with Gasteiger partial charge in [-0.1, -0.05) is 13.3 Å². The zero-order valence-corrected chi connectivity index (χ0v) is 15.4. The Labute approximate surface area is 145 Å². The molecule has 0 aliphatic rings. The molecule has 5 nitrogen and oxygen atoms in total. The molecule has 0 radical (unpaired) electrons. The molecule has 1 aromatic rings. The normalized spacial score (nSPS) is 14.0. The quantitative estimate of drug-likeness (QED) is 0.255. The second kappa shape index (κ2) is 9.11. The Hall–Kier alpha value is -0.0000000000000000555. The van der Waals surface area contributed by atoms with Gasteiger partial charge in [0.15, 0.2) is 0 Å². The molecule has 0 aliphatic heterocycles. The number of rotatable bonds is 8. The van der Waals surface area contributed by atoms with E-state index in [9.17, 15) is 15.2 Å². The summed E-state index contributed by atoms with van der Waals surface area (Å²) in [6.07, 6.45) is 0.678. The van der Waals surface area contributed by atoms with E-state index in [0.29, 0.717) is 12.2 Å². The number of nitrogens with zero attached hydrogens (tertiary/aromatic N) is 1. The summed E-state index contributed by atoms with van der Waals surface area (Å²) in [5, 5.41) is 21.3. The number of benzene rings is 1. The van der Waals surface area contributed by atoms with Gasteiger partial charge >= 0.3 is 0 Å². The fraction of sp³-hybridized carbons (Fsp3) is 0.538. The Morgan fingerprint density at radius 3 is 2.45 bits per heavy atom. The van der Waals surface area contributed by atoms with E-state index in [2.05, 4.69) is 45.2 Å². The molecule has 1 N–H and O–H groups in total. The van der Waals surface area contributed by atoms with Gasteiger partial charge in [0.05, 0.1) is 0 Å². The van der Waals surface area contributed by atoms with Crippen molar-refractivity contribution in [2.75, 3.05) is 13.2 Å². The minimum atomic E-state index is -1.16. The molecule has 7 heteroatoms. The van der Waals surface area contributed by atoms with Crippen molar-refractivity contribution in [2.45, 2.75) is 31.9 Å². The number of hydrogen-bond donors (Lipinski definition) is 1. The van der Waals surface area contributed by atoms with E-state index in [4.69, 9.17) is 4.74 Å². The monoisotopic (exact) mass is 505 g/mol. The number of aliphatic hydroxyl groups is 1. The first kappa shape index (κ1) is 18.1. The van der Waals surface area contributed by atoms with Crippen LogP contribution in [0.5, 0.6) is 0 Å². The Morgan fingerprint density at radius 1 is 1.35 bits per heavy atom. The standard InChI is InChI=1S/C13H17I2NO4/c1-2-3-4-20-8-12(16(18)19)13(17)9-5-10(14)7-11(15)6-9/h5-7,12-13,17H,2-4,8H2,1H3/t12-,13+/m0/s1. The molecular formula is C13H17I2NO4. The van der Waals surface area contributed by atoms with E-state index in [1.165, 1.54) is 0 Å². The summed E-state index contributed by atoms with van der Waals surface area (Å²) in [4.78, 5) is 10.6. The van der Waals surface area contributed by atoms with Gasteiger partial charge in [-0.05, 0) is 75.4 Å². The van der Waals surface area contributed by atoms with E-state index in [1.807, 2.05) is 13.0 Å². The van der Waals surface area contributed by atoms with Crippen molar-refractivity contribution in [3.05, 3.63) is 41.0 Å². The van der Waals surface area contributed by atoms with Crippen molar-refractivity contribution in [3.63, 3.8) is 0 Å². The SMILES string of the molecule is CCCCOC[C@@H]([C@H](O)c1cc(I)cc(I)c1)[N+](=O)[O-]. The summed E-state index contributed by atoms with van der Waals surface area (Å²) >= 11 is 4.26. The molecule has 1 rings (SSSR count). The van der Waals surface area contributed by atoms with Crippen LogP contribution in [0.15, 0.2) is 18.2 Å². The lowest BCUT2D eigenvalue weighted by atomic mass is 10.0. The second-order valence-corrected chi connectivity index (χ2v) is 6.92. The zero-order valence-electron chi connectivity index (χ0n) is 11.1. The average Bonchev–Trinajstić information content (AvgIpc) is 2.36. The van der Waals surface area contributed by atoms with Crippen molar-refractivity contribution in [1.29, 1.82) is 0 Å². The third kappa shape index (κ3) is 5.78. The first-order valence-corrected chi connectivity index (χ1v) is 8.46. The molecule has 0 heterocycles. The first-order chi connectivity index (χ1) is 9.45. The fourth-order valence-corrected chi connectivity index (χ4v) is 3.67. The van der Waals surface area contributed by atoms with E-state index >= 15 is 0 Å². The lowest BCUT2D eigenvalue weighted by Gasteiger charge is -2.17. The van der Waals surface area contributed by atoms with Gasteiger partial charge in [-0.25, -0.2) is 0 Å². The van der Waals surface area contributed by atoms with E-state index in [0.717, 1.165) is 20.0 Å². The third-order valence-electron chi connectivity index (χ3n) is 2.79. The summed E-state index contributed by atoms with van der Waals surface area (Å²) < 4.78 is 7.18. The highest BCUT2D eigenvalue weighted by Gasteiger charge is 2.31. The Bertz CT molecular complexity index is 436. The van der Waals surface area contributed by atoms with Crippen LogP contribution in [-0.4, -0.2) is 29.3 Å². The van der Waals surface area contributed by atoms with E-state index in [-0.39, 0.29) is 6.61 Å². The molecule has 0 fully saturated rings. The molecule has 0 saturated heterocycles. The fourth-order valence-electron chi connectivity index (χ4n) is 1.69. The van der Waals surface area contributed by atoms with Gasteiger partial charge < -0.3 is 9.84 Å². The van der Waals surface area contributed by atoms with Crippen LogP contribution in [0, 0.1) is 17.3 Å². The van der Waals surface area contributed by atoms with Crippen LogP contribution in [-0.2, 0) is 4.74 Å². The molecule has 0 amide bonds. The van der Waals surface area contributed by atoms with Crippen molar-refractivity contribution in [3.8, 4) is 0 Å². The van der Waals surface area contributed by atoms with Crippen LogP contribution in [0.2, 0.25) is 0 Å². The minimum Gasteiger partial charge on any atom is -0.381 e. The summed E-state index contributed by atoms with van der Waals surface area (Å²) in [5.41, 5.74) is 0.557. The van der Waals surface area contributed by atoms with Gasteiger partial charge in [-0.15, -0.1) is 0 Å². The molecule has 20 heavy (non-hydrogen) atoms. The smallest absolute Gasteiger partial charge is 0.265 e. The van der Waals surface area contributed by atoms with Crippen molar-refractivity contribution < 1.29 is 14.8 Å². The van der Waals surface area contributed by atoms with Crippen LogP contribution >= 0.6 is 45.2 Å². The summed E-state index contributed by atoms with van der Waals surface area (Å²) in [7, 11) is 0. The molecule has 0 spiro atoms. The predicted octanol–water partition coefficient (Wildman–Crippen LogP) is 3.39. The van der Waals surface area contributed by atoms with Gasteiger partial charge in [0.2, 0.25) is 0 Å². The number of halogens is 2. The maximum Gasteiger partial charge on any atom is 0.265 e. The topological polar surface area (TPSA) is 72.6 Å². The maximum absolute atomic E-state index is 11.1. The molecule has 0 saturated carbocycles. The van der Waals surface area contributed by atoms with Gasteiger partial charge in [-0.3, -0.25) is 10.1 Å². The Kier molecular flexibility index (Phi) is 8.22. The largest absolute Gasteiger partial charge is 0.381 e. The first-order valence-electron chi connectivity index (χ1n) is 6.31. The summed E-state index contributed by atoms with van der Waals surface area (Å²) in [6, 6.07) is 4.32. The van der Waals surface area contributed by atoms with Crippen LogP contribution in [0.4, 0.5) is 0 Å². The van der Waals surface area contributed by atoms with Crippen molar-refractivity contribution in [1.82, 2.24) is 0 Å². The lowest BCUT2D eigenvalue weighted by Crippen LogP contribution is -2.32. The molecule has 1 aromatic carbocycles. The Balaban J connectivity index is 2.77. The molecule has 0 aromatic heterocycles. The van der Waals surface area contributed by atoms with Crippen LogP contribution in [0.3, 0.4) is 0 Å². The molecular weight excluding hydrogens is 488 g/mol. The summed E-state index contributed by atoms with van der Waals surface area (Å²) in [6.45, 7) is 2.44. The molecule has 2 atom stereocenters.